The molecule has 0 radical (unpaired) electrons. The Bertz CT molecular complexity index is 915. The Hall–Kier alpha value is -2.26. The molecule has 27 heavy (non-hydrogen) atoms. The molecule has 1 heterocycles. The summed E-state index contributed by atoms with van der Waals surface area (Å²) in [5.41, 5.74) is -1.19. The smallest absolute Gasteiger partial charge is 0.417 e. The lowest BCUT2D eigenvalue weighted by Gasteiger charge is -2.30. The quantitative estimate of drug-likeness (QED) is 0.769. The van der Waals surface area contributed by atoms with Gasteiger partial charge in [-0.2, -0.15) is 17.5 Å². The molecular weight excluding hydrogens is 383 g/mol. The number of hydrogen-bond acceptors (Lipinski definition) is 4. The fourth-order valence-corrected chi connectivity index (χ4v) is 4.54. The van der Waals surface area contributed by atoms with Crippen molar-refractivity contribution in [1.29, 1.82) is 0 Å². The van der Waals surface area contributed by atoms with E-state index in [1.165, 1.54) is 6.07 Å². The van der Waals surface area contributed by atoms with Crippen LogP contribution < -0.4 is 9.47 Å². The number of nitrogens with zero attached hydrogens (tertiary/aromatic N) is 1. The summed E-state index contributed by atoms with van der Waals surface area (Å²) in [7, 11) is -4.36. The van der Waals surface area contributed by atoms with Gasteiger partial charge in [-0.15, -0.1) is 0 Å². The zero-order valence-electron chi connectivity index (χ0n) is 14.4. The topological polar surface area (TPSA) is 55.8 Å². The van der Waals surface area contributed by atoms with Crippen molar-refractivity contribution in [1.82, 2.24) is 4.31 Å². The Morgan fingerprint density at radius 1 is 1.07 bits per heavy atom. The van der Waals surface area contributed by atoms with Crippen molar-refractivity contribution >= 4 is 10.0 Å². The lowest BCUT2D eigenvalue weighted by Crippen LogP contribution is -2.43. The van der Waals surface area contributed by atoms with Crippen molar-refractivity contribution in [3.05, 3.63) is 54.1 Å². The maximum absolute atomic E-state index is 13.2. The molecule has 0 saturated heterocycles. The van der Waals surface area contributed by atoms with Crippen LogP contribution in [0, 0.1) is 0 Å². The lowest BCUT2D eigenvalue weighted by atomic mass is 10.2. The second-order valence-electron chi connectivity index (χ2n) is 5.95. The van der Waals surface area contributed by atoms with E-state index in [1.807, 2.05) is 0 Å². The van der Waals surface area contributed by atoms with E-state index >= 15 is 0 Å². The first-order valence-electron chi connectivity index (χ1n) is 8.28. The molecule has 0 saturated carbocycles. The normalized spacial score (nSPS) is 17.1. The fraction of sp³-hybridized carbons (Fsp3) is 0.333. The Morgan fingerprint density at radius 3 is 2.37 bits per heavy atom. The maximum atomic E-state index is 13.2. The van der Waals surface area contributed by atoms with E-state index in [4.69, 9.17) is 9.47 Å². The van der Waals surface area contributed by atoms with Gasteiger partial charge in [-0.1, -0.05) is 31.2 Å². The lowest BCUT2D eigenvalue weighted by molar-refractivity contribution is -0.139. The molecule has 1 atom stereocenters. The van der Waals surface area contributed by atoms with Crippen LogP contribution in [0.2, 0.25) is 0 Å². The molecule has 0 N–H and O–H groups in total. The highest BCUT2D eigenvalue weighted by Gasteiger charge is 2.39. The highest BCUT2D eigenvalue weighted by atomic mass is 32.2. The van der Waals surface area contributed by atoms with E-state index in [0.717, 1.165) is 22.5 Å². The molecule has 9 heteroatoms. The fourth-order valence-electron chi connectivity index (χ4n) is 2.84. The van der Waals surface area contributed by atoms with E-state index < -0.39 is 32.8 Å². The highest BCUT2D eigenvalue weighted by Crippen LogP contribution is 2.36. The summed E-state index contributed by atoms with van der Waals surface area (Å²) in [4.78, 5) is -0.767. The van der Waals surface area contributed by atoms with Gasteiger partial charge in [0.05, 0.1) is 17.0 Å². The van der Waals surface area contributed by atoms with Crippen LogP contribution in [0.1, 0.15) is 12.5 Å². The average Bonchev–Trinajstić information content (AvgIpc) is 2.65. The van der Waals surface area contributed by atoms with Gasteiger partial charge in [0, 0.05) is 6.54 Å². The number of rotatable bonds is 5. The van der Waals surface area contributed by atoms with E-state index in [1.54, 1.807) is 31.2 Å². The summed E-state index contributed by atoms with van der Waals surface area (Å²) in [6.07, 6.45) is -5.40. The van der Waals surface area contributed by atoms with Crippen LogP contribution in [-0.2, 0) is 16.2 Å². The van der Waals surface area contributed by atoms with Gasteiger partial charge < -0.3 is 9.47 Å². The van der Waals surface area contributed by atoms with Crippen molar-refractivity contribution in [2.45, 2.75) is 24.1 Å². The van der Waals surface area contributed by atoms with Crippen LogP contribution in [0.4, 0.5) is 13.2 Å². The van der Waals surface area contributed by atoms with Gasteiger partial charge in [0.1, 0.15) is 12.7 Å². The van der Waals surface area contributed by atoms with Crippen molar-refractivity contribution in [3.8, 4) is 11.5 Å². The standard InChI is InChI=1S/C18H18F3NO4S/c1-2-22(11-13-12-25-15-8-4-5-9-16(15)26-13)27(23,24)17-10-6-3-7-14(17)18(19,20)21/h3-10,13H,2,11-12H2,1H3. The number of alkyl halides is 3. The van der Waals surface area contributed by atoms with Crippen molar-refractivity contribution in [2.24, 2.45) is 0 Å². The molecule has 5 nitrogen and oxygen atoms in total. The molecule has 2 aromatic rings. The van der Waals surface area contributed by atoms with E-state index in [9.17, 15) is 21.6 Å². The summed E-state index contributed by atoms with van der Waals surface area (Å²) in [5, 5.41) is 0. The molecule has 146 valence electrons. The van der Waals surface area contributed by atoms with Crippen LogP contribution in [0.5, 0.6) is 11.5 Å². The van der Waals surface area contributed by atoms with E-state index in [-0.39, 0.29) is 19.7 Å². The summed E-state index contributed by atoms with van der Waals surface area (Å²) in [5.74, 6) is 1.01. The van der Waals surface area contributed by atoms with Crippen molar-refractivity contribution in [2.75, 3.05) is 19.7 Å². The molecule has 1 unspecified atom stereocenters. The van der Waals surface area contributed by atoms with Gasteiger partial charge in [-0.05, 0) is 24.3 Å². The molecular formula is C18H18F3NO4S. The largest absolute Gasteiger partial charge is 0.486 e. The maximum Gasteiger partial charge on any atom is 0.417 e. The minimum absolute atomic E-state index is 0.00394. The Labute approximate surface area is 155 Å². The summed E-state index contributed by atoms with van der Waals surface area (Å²) < 4.78 is 77.7. The second-order valence-corrected chi connectivity index (χ2v) is 7.85. The molecule has 0 bridgehead atoms. The molecule has 0 fully saturated rings. The summed E-state index contributed by atoms with van der Waals surface area (Å²) in [6.45, 7) is 1.53. The van der Waals surface area contributed by atoms with Crippen molar-refractivity contribution < 1.29 is 31.1 Å². The van der Waals surface area contributed by atoms with Gasteiger partial charge >= 0.3 is 6.18 Å². The molecule has 1 aliphatic rings. The molecule has 0 amide bonds. The number of hydrogen-bond donors (Lipinski definition) is 0. The summed E-state index contributed by atoms with van der Waals surface area (Å²) >= 11 is 0. The van der Waals surface area contributed by atoms with Crippen molar-refractivity contribution in [3.63, 3.8) is 0 Å². The number of fused-ring (bicyclic) bond motifs is 1. The second kappa shape index (κ2) is 7.40. The molecule has 3 rings (SSSR count). The molecule has 2 aromatic carbocycles. The van der Waals surface area contributed by atoms with Gasteiger partial charge in [0.25, 0.3) is 0 Å². The predicted molar refractivity (Wildman–Crippen MR) is 92.2 cm³/mol. The zero-order chi connectivity index (χ0) is 19.7. The minimum atomic E-state index is -4.77. The monoisotopic (exact) mass is 401 g/mol. The molecule has 0 aromatic heterocycles. The Balaban J connectivity index is 1.86. The Kier molecular flexibility index (Phi) is 5.34. The third-order valence-electron chi connectivity index (χ3n) is 4.14. The van der Waals surface area contributed by atoms with Crippen LogP contribution in [-0.4, -0.2) is 38.5 Å². The van der Waals surface area contributed by atoms with Gasteiger partial charge in [-0.25, -0.2) is 8.42 Å². The highest BCUT2D eigenvalue weighted by molar-refractivity contribution is 7.89. The number of benzene rings is 2. The number of sulfonamides is 1. The summed E-state index contributed by atoms with van der Waals surface area (Å²) in [6, 6.07) is 11.1. The number of ether oxygens (including phenoxy) is 2. The van der Waals surface area contributed by atoms with Crippen LogP contribution >= 0.6 is 0 Å². The van der Waals surface area contributed by atoms with E-state index in [2.05, 4.69) is 0 Å². The third kappa shape index (κ3) is 4.03. The minimum Gasteiger partial charge on any atom is -0.486 e. The molecule has 1 aliphatic heterocycles. The third-order valence-corrected chi connectivity index (χ3v) is 6.14. The number of para-hydroxylation sites is 2. The average molecular weight is 401 g/mol. The molecule has 0 spiro atoms. The Morgan fingerprint density at radius 2 is 1.70 bits per heavy atom. The predicted octanol–water partition coefficient (Wildman–Crippen LogP) is 3.56. The van der Waals surface area contributed by atoms with Gasteiger partial charge in [-0.3, -0.25) is 0 Å². The zero-order valence-corrected chi connectivity index (χ0v) is 15.3. The first-order chi connectivity index (χ1) is 12.7. The van der Waals surface area contributed by atoms with Crippen LogP contribution in [0.15, 0.2) is 53.4 Å². The number of likely N-dealkylation sites (N-methyl/N-ethyl adjacent to an activating group) is 1. The first kappa shape index (κ1) is 19.5. The van der Waals surface area contributed by atoms with E-state index in [0.29, 0.717) is 11.5 Å². The SMILES string of the molecule is CCN(CC1COc2ccccc2O1)S(=O)(=O)c1ccccc1C(F)(F)F. The molecule has 0 aliphatic carbocycles. The van der Waals surface area contributed by atoms with Crippen LogP contribution in [0.25, 0.3) is 0 Å². The number of halogens is 3. The van der Waals surface area contributed by atoms with Gasteiger partial charge in [0.15, 0.2) is 11.5 Å². The van der Waals surface area contributed by atoms with Crippen LogP contribution in [0.3, 0.4) is 0 Å². The first-order valence-corrected chi connectivity index (χ1v) is 9.72. The van der Waals surface area contributed by atoms with Gasteiger partial charge in [0.2, 0.25) is 10.0 Å².